The van der Waals surface area contributed by atoms with Crippen molar-refractivity contribution < 1.29 is 0 Å². The fourth-order valence-corrected chi connectivity index (χ4v) is 4.63. The van der Waals surface area contributed by atoms with Gasteiger partial charge < -0.3 is 4.90 Å². The highest BCUT2D eigenvalue weighted by molar-refractivity contribution is 5.81. The second kappa shape index (κ2) is 8.78. The number of hydrogen-bond acceptors (Lipinski definition) is 4. The van der Waals surface area contributed by atoms with E-state index in [0.29, 0.717) is 11.7 Å². The van der Waals surface area contributed by atoms with Gasteiger partial charge in [-0.25, -0.2) is 14.8 Å². The van der Waals surface area contributed by atoms with Crippen LogP contribution in [0.2, 0.25) is 0 Å². The van der Waals surface area contributed by atoms with Crippen molar-refractivity contribution in [2.75, 3.05) is 27.2 Å². The number of rotatable bonds is 5. The van der Waals surface area contributed by atoms with Crippen LogP contribution in [0.5, 0.6) is 0 Å². The van der Waals surface area contributed by atoms with Crippen molar-refractivity contribution in [3.8, 4) is 22.5 Å². The average molecular weight is 437 g/mol. The molecule has 0 bridgehead atoms. The summed E-state index contributed by atoms with van der Waals surface area (Å²) in [7, 11) is 4.31. The molecule has 3 heterocycles. The first-order valence-electron chi connectivity index (χ1n) is 11.3. The number of fused-ring (bicyclic) bond motifs is 1. The second-order valence-corrected chi connectivity index (χ2v) is 9.04. The van der Waals surface area contributed by atoms with Gasteiger partial charge in [-0.1, -0.05) is 54.1 Å². The Labute approximate surface area is 195 Å². The van der Waals surface area contributed by atoms with E-state index in [9.17, 15) is 0 Å². The van der Waals surface area contributed by atoms with E-state index < -0.39 is 0 Å². The van der Waals surface area contributed by atoms with E-state index in [1.165, 1.54) is 12.0 Å². The van der Waals surface area contributed by atoms with Crippen molar-refractivity contribution in [1.29, 1.82) is 0 Å². The normalized spacial score (nSPS) is 16.5. The van der Waals surface area contributed by atoms with Crippen molar-refractivity contribution in [3.05, 3.63) is 83.6 Å². The van der Waals surface area contributed by atoms with Gasteiger partial charge in [0.1, 0.15) is 0 Å². The van der Waals surface area contributed by atoms with Crippen LogP contribution in [0, 0.1) is 13.5 Å². The Hall–Kier alpha value is -3.53. The molecule has 2 aromatic carbocycles. The van der Waals surface area contributed by atoms with E-state index in [1.54, 1.807) is 0 Å². The summed E-state index contributed by atoms with van der Waals surface area (Å²) in [6.07, 6.45) is 5.06. The SMILES string of the molecule is [C-]#[N+]c1ccc(-c2nc(CN3CC[C@@H](N(C)C)C3)c3nccn3c2-c2ccc(C)cc2)cc1. The predicted octanol–water partition coefficient (Wildman–Crippen LogP) is 5.06. The summed E-state index contributed by atoms with van der Waals surface area (Å²) in [6, 6.07) is 16.8. The monoisotopic (exact) mass is 436 g/mol. The van der Waals surface area contributed by atoms with E-state index in [4.69, 9.17) is 16.5 Å². The highest BCUT2D eigenvalue weighted by Gasteiger charge is 2.26. The first-order valence-corrected chi connectivity index (χ1v) is 11.3. The Morgan fingerprint density at radius 1 is 1.06 bits per heavy atom. The van der Waals surface area contributed by atoms with Crippen LogP contribution in [0.3, 0.4) is 0 Å². The number of benzene rings is 2. The third-order valence-electron chi connectivity index (χ3n) is 6.56. The third kappa shape index (κ3) is 4.13. The molecule has 0 amide bonds. The largest absolute Gasteiger partial charge is 0.305 e. The summed E-state index contributed by atoms with van der Waals surface area (Å²) in [6.45, 7) is 12.3. The molecular formula is C27H28N6. The molecule has 1 fully saturated rings. The van der Waals surface area contributed by atoms with Gasteiger partial charge in [-0.2, -0.15) is 0 Å². The molecule has 166 valence electrons. The molecule has 0 radical (unpaired) electrons. The zero-order valence-corrected chi connectivity index (χ0v) is 19.4. The number of hydrogen-bond donors (Lipinski definition) is 0. The Balaban J connectivity index is 1.65. The molecule has 0 saturated carbocycles. The van der Waals surface area contributed by atoms with Gasteiger partial charge in [0.15, 0.2) is 11.3 Å². The van der Waals surface area contributed by atoms with Crippen molar-refractivity contribution in [1.82, 2.24) is 24.2 Å². The topological polar surface area (TPSA) is 41.0 Å². The van der Waals surface area contributed by atoms with Gasteiger partial charge in [0.05, 0.1) is 23.7 Å². The molecule has 6 nitrogen and oxygen atoms in total. The summed E-state index contributed by atoms with van der Waals surface area (Å²) in [5, 5.41) is 0. The van der Waals surface area contributed by atoms with Crippen LogP contribution in [0.1, 0.15) is 17.7 Å². The molecule has 0 spiro atoms. The minimum absolute atomic E-state index is 0.577. The average Bonchev–Trinajstić information content (AvgIpc) is 3.50. The van der Waals surface area contributed by atoms with Crippen LogP contribution in [0.4, 0.5) is 5.69 Å². The number of imidazole rings is 1. The van der Waals surface area contributed by atoms with Gasteiger partial charge in [-0.15, -0.1) is 0 Å². The predicted molar refractivity (Wildman–Crippen MR) is 132 cm³/mol. The summed E-state index contributed by atoms with van der Waals surface area (Å²) in [4.78, 5) is 18.2. The molecule has 0 aliphatic carbocycles. The Morgan fingerprint density at radius 2 is 1.79 bits per heavy atom. The molecule has 0 unspecified atom stereocenters. The van der Waals surface area contributed by atoms with Gasteiger partial charge >= 0.3 is 0 Å². The molecule has 0 N–H and O–H groups in total. The molecule has 1 aliphatic heterocycles. The van der Waals surface area contributed by atoms with Gasteiger partial charge in [-0.05, 0) is 33.0 Å². The van der Waals surface area contributed by atoms with Crippen molar-refractivity contribution in [3.63, 3.8) is 0 Å². The minimum Gasteiger partial charge on any atom is -0.305 e. The maximum absolute atomic E-state index is 7.30. The maximum Gasteiger partial charge on any atom is 0.187 e. The van der Waals surface area contributed by atoms with Gasteiger partial charge in [-0.3, -0.25) is 9.30 Å². The first kappa shape index (κ1) is 21.3. The van der Waals surface area contributed by atoms with E-state index in [1.807, 2.05) is 36.7 Å². The van der Waals surface area contributed by atoms with Crippen LogP contribution >= 0.6 is 0 Å². The van der Waals surface area contributed by atoms with Gasteiger partial charge in [0, 0.05) is 43.6 Å². The van der Waals surface area contributed by atoms with E-state index in [0.717, 1.165) is 53.5 Å². The molecule has 5 rings (SSSR count). The van der Waals surface area contributed by atoms with Gasteiger partial charge in [0.2, 0.25) is 0 Å². The van der Waals surface area contributed by atoms with Crippen LogP contribution in [0.15, 0.2) is 60.9 Å². The summed E-state index contributed by atoms with van der Waals surface area (Å²) in [5.41, 5.74) is 7.78. The second-order valence-electron chi connectivity index (χ2n) is 9.04. The van der Waals surface area contributed by atoms with Crippen molar-refractivity contribution >= 4 is 11.3 Å². The maximum atomic E-state index is 7.30. The standard InChI is InChI=1S/C27H28N6/c1-19-5-7-21(8-6-19)26-25(20-9-11-22(28-2)12-10-20)30-24(27-29-14-16-33(26)27)18-32-15-13-23(17-32)31(3)4/h5-12,14,16,23H,13,15,17-18H2,1,3-4H3/t23-/m1/s1. The molecule has 4 aromatic rings. The molecule has 2 aromatic heterocycles. The number of aryl methyl sites for hydroxylation is 1. The van der Waals surface area contributed by atoms with Crippen LogP contribution in [-0.2, 0) is 6.54 Å². The summed E-state index contributed by atoms with van der Waals surface area (Å²) >= 11 is 0. The first-order chi connectivity index (χ1) is 16.0. The highest BCUT2D eigenvalue weighted by Crippen LogP contribution is 2.34. The van der Waals surface area contributed by atoms with Crippen molar-refractivity contribution in [2.45, 2.75) is 25.9 Å². The number of likely N-dealkylation sites (N-methyl/N-ethyl adjacent to an activating group) is 1. The Bertz CT molecular complexity index is 1310. The zero-order valence-electron chi connectivity index (χ0n) is 19.4. The lowest BCUT2D eigenvalue weighted by Crippen LogP contribution is -2.31. The number of nitrogens with zero attached hydrogens (tertiary/aromatic N) is 6. The fraction of sp³-hybridized carbons (Fsp3) is 0.296. The van der Waals surface area contributed by atoms with Crippen LogP contribution < -0.4 is 0 Å². The molecule has 1 saturated heterocycles. The third-order valence-corrected chi connectivity index (χ3v) is 6.56. The molecule has 1 atom stereocenters. The van der Waals surface area contributed by atoms with E-state index >= 15 is 0 Å². The molecule has 33 heavy (non-hydrogen) atoms. The Morgan fingerprint density at radius 3 is 2.45 bits per heavy atom. The van der Waals surface area contributed by atoms with Crippen LogP contribution in [0.25, 0.3) is 33.0 Å². The lowest BCUT2D eigenvalue weighted by molar-refractivity contribution is 0.263. The fourth-order valence-electron chi connectivity index (χ4n) is 4.63. The van der Waals surface area contributed by atoms with Crippen LogP contribution in [-0.4, -0.2) is 57.4 Å². The quantitative estimate of drug-likeness (QED) is 0.410. The summed E-state index contributed by atoms with van der Waals surface area (Å²) in [5.74, 6) is 0. The zero-order chi connectivity index (χ0) is 22.9. The van der Waals surface area contributed by atoms with Crippen molar-refractivity contribution in [2.24, 2.45) is 0 Å². The summed E-state index contributed by atoms with van der Waals surface area (Å²) < 4.78 is 2.17. The number of likely N-dealkylation sites (tertiary alicyclic amines) is 1. The highest BCUT2D eigenvalue weighted by atomic mass is 15.2. The van der Waals surface area contributed by atoms with Gasteiger partial charge in [0.25, 0.3) is 0 Å². The van der Waals surface area contributed by atoms with E-state index in [-0.39, 0.29) is 0 Å². The lowest BCUT2D eigenvalue weighted by atomic mass is 10.0. The smallest absolute Gasteiger partial charge is 0.187 e. The number of aromatic nitrogens is 3. The lowest BCUT2D eigenvalue weighted by Gasteiger charge is -2.21. The Kier molecular flexibility index (Phi) is 5.67. The molecule has 6 heteroatoms. The molecule has 1 aliphatic rings. The minimum atomic E-state index is 0.577. The van der Waals surface area contributed by atoms with E-state index in [2.05, 4.69) is 64.3 Å². The molecular weight excluding hydrogens is 408 g/mol.